The van der Waals surface area contributed by atoms with E-state index in [2.05, 4.69) is 25.1 Å². The van der Waals surface area contributed by atoms with E-state index in [1.54, 1.807) is 0 Å². The van der Waals surface area contributed by atoms with Crippen molar-refractivity contribution in [2.45, 2.75) is 26.8 Å². The second-order valence-electron chi connectivity index (χ2n) is 5.61. The monoisotopic (exact) mass is 268 g/mol. The first-order chi connectivity index (χ1) is 9.58. The summed E-state index contributed by atoms with van der Waals surface area (Å²) in [6, 6.07) is 10.3. The van der Waals surface area contributed by atoms with Crippen LogP contribution in [0.1, 0.15) is 32.9 Å². The first kappa shape index (κ1) is 13.0. The van der Waals surface area contributed by atoms with Crippen LogP contribution in [0, 0.1) is 13.8 Å². The van der Waals surface area contributed by atoms with Crippen molar-refractivity contribution in [1.82, 2.24) is 9.47 Å². The molecule has 0 atom stereocenters. The van der Waals surface area contributed by atoms with Gasteiger partial charge in [0.05, 0.1) is 0 Å². The molecule has 20 heavy (non-hydrogen) atoms. The summed E-state index contributed by atoms with van der Waals surface area (Å²) >= 11 is 0. The van der Waals surface area contributed by atoms with Gasteiger partial charge in [0.15, 0.2) is 0 Å². The second-order valence-corrected chi connectivity index (χ2v) is 5.61. The van der Waals surface area contributed by atoms with E-state index in [4.69, 9.17) is 0 Å². The minimum absolute atomic E-state index is 0.132. The van der Waals surface area contributed by atoms with Crippen LogP contribution in [0.4, 0.5) is 0 Å². The van der Waals surface area contributed by atoms with Gasteiger partial charge in [-0.25, -0.2) is 0 Å². The number of carbonyl (C=O) groups excluding carboxylic acids is 1. The van der Waals surface area contributed by atoms with E-state index in [9.17, 15) is 4.79 Å². The summed E-state index contributed by atoms with van der Waals surface area (Å²) in [5.74, 6) is 0.132. The maximum atomic E-state index is 12.6. The molecular weight excluding hydrogens is 248 g/mol. The number of nitrogens with zero attached hydrogens (tertiary/aromatic N) is 2. The summed E-state index contributed by atoms with van der Waals surface area (Å²) in [5.41, 5.74) is 5.93. The van der Waals surface area contributed by atoms with Gasteiger partial charge >= 0.3 is 0 Å². The molecule has 104 valence electrons. The Balaban J connectivity index is 1.87. The van der Waals surface area contributed by atoms with Crippen molar-refractivity contribution in [1.29, 1.82) is 0 Å². The summed E-state index contributed by atoms with van der Waals surface area (Å²) in [5, 5.41) is 0. The number of hydrogen-bond donors (Lipinski definition) is 0. The molecule has 0 saturated heterocycles. The Labute approximate surface area is 119 Å². The molecule has 3 nitrogen and oxygen atoms in total. The van der Waals surface area contributed by atoms with E-state index in [-0.39, 0.29) is 5.91 Å². The largest absolute Gasteiger partial charge is 0.344 e. The topological polar surface area (TPSA) is 25.2 Å². The fraction of sp³-hybridized carbons (Fsp3) is 0.353. The molecule has 0 radical (unpaired) electrons. The molecule has 0 saturated carbocycles. The van der Waals surface area contributed by atoms with Crippen LogP contribution in [-0.2, 0) is 20.0 Å². The number of amides is 1. The van der Waals surface area contributed by atoms with Gasteiger partial charge in [-0.05, 0) is 49.1 Å². The fourth-order valence-corrected chi connectivity index (χ4v) is 2.96. The van der Waals surface area contributed by atoms with Crippen LogP contribution in [-0.4, -0.2) is 21.9 Å². The minimum atomic E-state index is 0.132. The highest BCUT2D eigenvalue weighted by atomic mass is 16.2. The molecule has 0 spiro atoms. The number of rotatable bonds is 1. The highest BCUT2D eigenvalue weighted by molar-refractivity contribution is 5.93. The number of aryl methyl sites for hydroxylation is 2. The summed E-state index contributed by atoms with van der Waals surface area (Å²) in [4.78, 5) is 14.6. The first-order valence-corrected chi connectivity index (χ1v) is 7.07. The fourth-order valence-electron chi connectivity index (χ4n) is 2.96. The smallest absolute Gasteiger partial charge is 0.270 e. The molecule has 3 heteroatoms. The second kappa shape index (κ2) is 4.82. The third-order valence-electron chi connectivity index (χ3n) is 4.38. The van der Waals surface area contributed by atoms with Gasteiger partial charge in [0.1, 0.15) is 5.69 Å². The van der Waals surface area contributed by atoms with Crippen LogP contribution < -0.4 is 0 Å². The Hall–Kier alpha value is -2.03. The zero-order valence-corrected chi connectivity index (χ0v) is 12.3. The van der Waals surface area contributed by atoms with E-state index in [1.165, 1.54) is 16.7 Å². The van der Waals surface area contributed by atoms with Crippen LogP contribution in [0.15, 0.2) is 30.3 Å². The molecule has 2 heterocycles. The van der Waals surface area contributed by atoms with Gasteiger partial charge in [-0.3, -0.25) is 4.79 Å². The lowest BCUT2D eigenvalue weighted by Gasteiger charge is -2.30. The van der Waals surface area contributed by atoms with Gasteiger partial charge in [-0.15, -0.1) is 0 Å². The van der Waals surface area contributed by atoms with Gasteiger partial charge < -0.3 is 9.47 Å². The minimum Gasteiger partial charge on any atom is -0.344 e. The maximum Gasteiger partial charge on any atom is 0.270 e. The van der Waals surface area contributed by atoms with Crippen molar-refractivity contribution in [3.63, 3.8) is 0 Å². The van der Waals surface area contributed by atoms with E-state index in [0.29, 0.717) is 0 Å². The highest BCUT2D eigenvalue weighted by Crippen LogP contribution is 2.23. The Bertz CT molecular complexity index is 670. The molecule has 0 N–H and O–H groups in total. The van der Waals surface area contributed by atoms with E-state index in [0.717, 1.165) is 30.9 Å². The van der Waals surface area contributed by atoms with Crippen LogP contribution in [0.3, 0.4) is 0 Å². The molecule has 0 fully saturated rings. The molecule has 0 aliphatic carbocycles. The van der Waals surface area contributed by atoms with Crippen molar-refractivity contribution < 1.29 is 4.79 Å². The van der Waals surface area contributed by atoms with E-state index < -0.39 is 0 Å². The summed E-state index contributed by atoms with van der Waals surface area (Å²) in [6.07, 6.45) is 0.956. The number of fused-ring (bicyclic) bond motifs is 1. The lowest BCUT2D eigenvalue weighted by Crippen LogP contribution is -2.37. The zero-order chi connectivity index (χ0) is 14.3. The average molecular weight is 268 g/mol. The number of aromatic nitrogens is 1. The third-order valence-corrected chi connectivity index (χ3v) is 4.38. The standard InChI is InChI=1S/C17H20N2O/c1-12-5-4-6-14-11-19(10-9-15(12)14)17(20)16-8-7-13(2)18(16)3/h4-8H,9-11H2,1-3H3. The molecule has 1 aliphatic rings. The Kier molecular flexibility index (Phi) is 3.13. The van der Waals surface area contributed by atoms with Crippen molar-refractivity contribution in [2.75, 3.05) is 6.54 Å². The molecule has 1 aliphatic heterocycles. The number of carbonyl (C=O) groups is 1. The van der Waals surface area contributed by atoms with Crippen molar-refractivity contribution >= 4 is 5.91 Å². The van der Waals surface area contributed by atoms with Crippen molar-refractivity contribution in [2.24, 2.45) is 7.05 Å². The normalized spacial score (nSPS) is 14.2. The molecule has 1 amide bonds. The number of hydrogen-bond acceptors (Lipinski definition) is 1. The Morgan fingerprint density at radius 1 is 1.15 bits per heavy atom. The van der Waals surface area contributed by atoms with Gasteiger partial charge in [0.25, 0.3) is 5.91 Å². The van der Waals surface area contributed by atoms with Gasteiger partial charge in [0, 0.05) is 25.8 Å². The molecule has 2 aromatic rings. The van der Waals surface area contributed by atoms with Crippen molar-refractivity contribution in [3.05, 3.63) is 58.4 Å². The van der Waals surface area contributed by atoms with E-state index >= 15 is 0 Å². The van der Waals surface area contributed by atoms with Crippen LogP contribution in [0.2, 0.25) is 0 Å². The van der Waals surface area contributed by atoms with E-state index in [1.807, 2.05) is 35.6 Å². The average Bonchev–Trinajstić information content (AvgIpc) is 2.78. The summed E-state index contributed by atoms with van der Waals surface area (Å²) < 4.78 is 1.97. The highest BCUT2D eigenvalue weighted by Gasteiger charge is 2.24. The van der Waals surface area contributed by atoms with Gasteiger partial charge in [-0.2, -0.15) is 0 Å². The molecular formula is C17H20N2O. The first-order valence-electron chi connectivity index (χ1n) is 7.07. The predicted molar refractivity (Wildman–Crippen MR) is 79.8 cm³/mol. The lowest BCUT2D eigenvalue weighted by atomic mass is 9.95. The summed E-state index contributed by atoms with van der Waals surface area (Å²) in [6.45, 7) is 5.70. The SMILES string of the molecule is Cc1cccc2c1CCN(C(=O)c1ccc(C)n1C)C2. The molecule has 0 unspecified atom stereocenters. The van der Waals surface area contributed by atoms with Crippen LogP contribution >= 0.6 is 0 Å². The molecule has 3 rings (SSSR count). The zero-order valence-electron chi connectivity index (χ0n) is 12.3. The third kappa shape index (κ3) is 2.03. The molecule has 0 bridgehead atoms. The Morgan fingerprint density at radius 3 is 2.65 bits per heavy atom. The van der Waals surface area contributed by atoms with Gasteiger partial charge in [-0.1, -0.05) is 18.2 Å². The predicted octanol–water partition coefficient (Wildman–Crippen LogP) is 2.84. The maximum absolute atomic E-state index is 12.6. The molecule has 1 aromatic carbocycles. The Morgan fingerprint density at radius 2 is 1.95 bits per heavy atom. The van der Waals surface area contributed by atoms with Crippen molar-refractivity contribution in [3.8, 4) is 0 Å². The molecule has 1 aromatic heterocycles. The van der Waals surface area contributed by atoms with Crippen LogP contribution in [0.25, 0.3) is 0 Å². The number of benzene rings is 1. The van der Waals surface area contributed by atoms with Crippen LogP contribution in [0.5, 0.6) is 0 Å². The van der Waals surface area contributed by atoms with Gasteiger partial charge in [0.2, 0.25) is 0 Å². The lowest BCUT2D eigenvalue weighted by molar-refractivity contribution is 0.0724. The quantitative estimate of drug-likeness (QED) is 0.780. The summed E-state index contributed by atoms with van der Waals surface area (Å²) in [7, 11) is 1.95.